The predicted octanol–water partition coefficient (Wildman–Crippen LogP) is 3.73. The molecule has 3 heterocycles. The lowest BCUT2D eigenvalue weighted by molar-refractivity contribution is 0.0708. The Hall–Kier alpha value is -2.95. The summed E-state index contributed by atoms with van der Waals surface area (Å²) in [5.74, 6) is -0.0544. The molecule has 0 spiro atoms. The van der Waals surface area contributed by atoms with Crippen molar-refractivity contribution >= 4 is 17.2 Å². The second kappa shape index (κ2) is 8.19. The van der Waals surface area contributed by atoms with E-state index in [0.717, 1.165) is 47.6 Å². The molecule has 1 aliphatic heterocycles. The van der Waals surface area contributed by atoms with E-state index in [0.29, 0.717) is 17.1 Å². The normalized spacial score (nSPS) is 16.6. The summed E-state index contributed by atoms with van der Waals surface area (Å²) in [6, 6.07) is 11.6. The first-order valence-electron chi connectivity index (χ1n) is 9.81. The van der Waals surface area contributed by atoms with Crippen LogP contribution >= 0.6 is 11.3 Å². The molecule has 1 saturated heterocycles. The first-order chi connectivity index (χ1) is 14.1. The molecule has 148 valence electrons. The van der Waals surface area contributed by atoms with E-state index in [9.17, 15) is 4.79 Å². The zero-order chi connectivity index (χ0) is 20.4. The molecule has 0 radical (unpaired) electrons. The van der Waals surface area contributed by atoms with E-state index in [-0.39, 0.29) is 11.9 Å². The van der Waals surface area contributed by atoms with Crippen LogP contribution in [0.15, 0.2) is 42.7 Å². The highest BCUT2D eigenvalue weighted by atomic mass is 32.1. The Labute approximate surface area is 174 Å². The number of rotatable bonds is 4. The molecule has 0 unspecified atom stereocenters. The van der Waals surface area contributed by atoms with Crippen molar-refractivity contribution < 1.29 is 4.79 Å². The van der Waals surface area contributed by atoms with Gasteiger partial charge >= 0.3 is 0 Å². The van der Waals surface area contributed by atoms with Crippen LogP contribution in [0.25, 0.3) is 21.7 Å². The minimum Gasteiger partial charge on any atom is -0.354 e. The van der Waals surface area contributed by atoms with Crippen LogP contribution in [0.5, 0.6) is 0 Å². The van der Waals surface area contributed by atoms with Gasteiger partial charge in [-0.25, -0.2) is 4.98 Å². The molecule has 6 nitrogen and oxygen atoms in total. The maximum atomic E-state index is 13.1. The number of carbonyl (C=O) groups excluding carboxylic acids is 1. The van der Waals surface area contributed by atoms with Gasteiger partial charge in [-0.1, -0.05) is 12.1 Å². The molecular weight excluding hydrogens is 382 g/mol. The van der Waals surface area contributed by atoms with Crippen molar-refractivity contribution in [1.29, 1.82) is 5.26 Å². The molecule has 3 aromatic rings. The van der Waals surface area contributed by atoms with Crippen molar-refractivity contribution in [3.8, 4) is 27.8 Å². The fraction of sp³-hybridized carbons (Fsp3) is 0.318. The molecule has 1 aliphatic rings. The quantitative estimate of drug-likeness (QED) is 0.716. The number of amides is 1. The number of aromatic nitrogens is 2. The second-order valence-electron chi connectivity index (χ2n) is 7.27. The van der Waals surface area contributed by atoms with Crippen LogP contribution < -0.4 is 5.73 Å². The molecule has 1 fully saturated rings. The third-order valence-corrected chi connectivity index (χ3v) is 6.31. The van der Waals surface area contributed by atoms with Crippen LogP contribution in [0.1, 0.15) is 35.1 Å². The summed E-state index contributed by atoms with van der Waals surface area (Å²) < 4.78 is 2.10. The van der Waals surface area contributed by atoms with Crippen LogP contribution in [0, 0.1) is 11.3 Å². The molecule has 7 heteroatoms. The number of aryl methyl sites for hydroxylation is 1. The number of carbonyl (C=O) groups is 1. The molecule has 0 aliphatic carbocycles. The Kier molecular flexibility index (Phi) is 5.47. The zero-order valence-corrected chi connectivity index (χ0v) is 17.2. The van der Waals surface area contributed by atoms with E-state index < -0.39 is 0 Å². The molecule has 29 heavy (non-hydrogen) atoms. The smallest absolute Gasteiger partial charge is 0.282 e. The molecule has 1 amide bonds. The second-order valence-corrected chi connectivity index (χ2v) is 8.27. The average molecular weight is 406 g/mol. The van der Waals surface area contributed by atoms with Crippen molar-refractivity contribution in [1.82, 2.24) is 14.5 Å². The Balaban J connectivity index is 1.75. The Morgan fingerprint density at radius 1 is 1.31 bits per heavy atom. The SMILES string of the molecule is CCn1ccc(-c2sc(C(=O)N3CCC[C@@H](N)C3)nc2-c2ccc(C#N)cc2)c1. The van der Waals surface area contributed by atoms with E-state index in [1.165, 1.54) is 11.3 Å². The molecule has 2 aromatic heterocycles. The third kappa shape index (κ3) is 3.95. The van der Waals surface area contributed by atoms with Gasteiger partial charge in [0.2, 0.25) is 0 Å². The van der Waals surface area contributed by atoms with Crippen molar-refractivity contribution in [3.63, 3.8) is 0 Å². The number of nitriles is 1. The lowest BCUT2D eigenvalue weighted by atomic mass is 10.1. The van der Waals surface area contributed by atoms with Gasteiger partial charge in [0.25, 0.3) is 5.91 Å². The number of hydrogen-bond donors (Lipinski definition) is 1. The maximum Gasteiger partial charge on any atom is 0.282 e. The highest BCUT2D eigenvalue weighted by Crippen LogP contribution is 2.37. The maximum absolute atomic E-state index is 13.1. The Morgan fingerprint density at radius 2 is 2.10 bits per heavy atom. The van der Waals surface area contributed by atoms with Crippen molar-refractivity contribution in [2.45, 2.75) is 32.4 Å². The Bertz CT molecular complexity index is 1060. The minimum atomic E-state index is -0.0544. The van der Waals surface area contributed by atoms with Crippen LogP contribution in [0.3, 0.4) is 0 Å². The highest BCUT2D eigenvalue weighted by Gasteiger charge is 2.27. The zero-order valence-electron chi connectivity index (χ0n) is 16.3. The summed E-state index contributed by atoms with van der Waals surface area (Å²) in [4.78, 5) is 20.6. The fourth-order valence-electron chi connectivity index (χ4n) is 3.61. The molecule has 1 aromatic carbocycles. The van der Waals surface area contributed by atoms with Gasteiger partial charge in [0.15, 0.2) is 5.01 Å². The first-order valence-corrected chi connectivity index (χ1v) is 10.6. The summed E-state index contributed by atoms with van der Waals surface area (Å²) in [6.45, 7) is 4.26. The van der Waals surface area contributed by atoms with Gasteiger partial charge in [0, 0.05) is 49.2 Å². The number of benzene rings is 1. The summed E-state index contributed by atoms with van der Waals surface area (Å²) in [5.41, 5.74) is 9.37. The standard InChI is InChI=1S/C22H23N5OS/c1-2-26-11-9-17(13-26)20-19(16-7-5-15(12-23)6-8-16)25-21(29-20)22(28)27-10-3-4-18(24)14-27/h5-9,11,13,18H,2-4,10,14,24H2,1H3/t18-/m1/s1. The number of nitrogens with zero attached hydrogens (tertiary/aromatic N) is 4. The predicted molar refractivity (Wildman–Crippen MR) is 114 cm³/mol. The summed E-state index contributed by atoms with van der Waals surface area (Å²) in [7, 11) is 0. The number of nitrogens with two attached hydrogens (primary N) is 1. The summed E-state index contributed by atoms with van der Waals surface area (Å²) in [5, 5.41) is 9.56. The lowest BCUT2D eigenvalue weighted by Crippen LogP contribution is -2.45. The third-order valence-electron chi connectivity index (χ3n) is 5.22. The molecule has 1 atom stereocenters. The topological polar surface area (TPSA) is 87.9 Å². The van der Waals surface area contributed by atoms with Crippen LogP contribution in [-0.4, -0.2) is 39.5 Å². The van der Waals surface area contributed by atoms with Gasteiger partial charge < -0.3 is 15.2 Å². The van der Waals surface area contributed by atoms with Gasteiger partial charge in [0.05, 0.1) is 22.2 Å². The number of thiazole rings is 1. The van der Waals surface area contributed by atoms with Crippen molar-refractivity contribution in [2.75, 3.05) is 13.1 Å². The average Bonchev–Trinajstić information content (AvgIpc) is 3.40. The van der Waals surface area contributed by atoms with E-state index in [1.54, 1.807) is 12.1 Å². The number of piperidine rings is 1. The van der Waals surface area contributed by atoms with Gasteiger partial charge in [-0.3, -0.25) is 4.79 Å². The largest absolute Gasteiger partial charge is 0.354 e. The molecule has 4 rings (SSSR count). The minimum absolute atomic E-state index is 0.0312. The summed E-state index contributed by atoms with van der Waals surface area (Å²) >= 11 is 1.42. The van der Waals surface area contributed by atoms with E-state index in [1.807, 2.05) is 23.2 Å². The monoisotopic (exact) mass is 405 g/mol. The Morgan fingerprint density at radius 3 is 2.76 bits per heavy atom. The van der Waals surface area contributed by atoms with Gasteiger partial charge in [-0.15, -0.1) is 11.3 Å². The summed E-state index contributed by atoms with van der Waals surface area (Å²) in [6.07, 6.45) is 5.98. The first kappa shape index (κ1) is 19.4. The molecule has 0 bridgehead atoms. The van der Waals surface area contributed by atoms with Crippen LogP contribution in [0.4, 0.5) is 0 Å². The molecule has 0 saturated carbocycles. The highest BCUT2D eigenvalue weighted by molar-refractivity contribution is 7.17. The van der Waals surface area contributed by atoms with Crippen LogP contribution in [0.2, 0.25) is 0 Å². The lowest BCUT2D eigenvalue weighted by Gasteiger charge is -2.30. The van der Waals surface area contributed by atoms with Gasteiger partial charge in [-0.2, -0.15) is 5.26 Å². The van der Waals surface area contributed by atoms with Crippen molar-refractivity contribution in [3.05, 3.63) is 53.3 Å². The fourth-order valence-corrected chi connectivity index (χ4v) is 4.65. The van der Waals surface area contributed by atoms with Gasteiger partial charge in [0.1, 0.15) is 0 Å². The molecule has 2 N–H and O–H groups in total. The van der Waals surface area contributed by atoms with E-state index in [2.05, 4.69) is 29.8 Å². The number of likely N-dealkylation sites (tertiary alicyclic amines) is 1. The van der Waals surface area contributed by atoms with Gasteiger partial charge in [-0.05, 0) is 38.0 Å². The van der Waals surface area contributed by atoms with Crippen molar-refractivity contribution in [2.24, 2.45) is 5.73 Å². The number of hydrogen-bond acceptors (Lipinski definition) is 5. The molecular formula is C22H23N5OS. The van der Waals surface area contributed by atoms with E-state index >= 15 is 0 Å². The van der Waals surface area contributed by atoms with Crippen LogP contribution in [-0.2, 0) is 6.54 Å². The van der Waals surface area contributed by atoms with E-state index in [4.69, 9.17) is 16.0 Å².